The molecule has 2 unspecified atom stereocenters. The third-order valence-corrected chi connectivity index (χ3v) is 6.09. The first-order valence-corrected chi connectivity index (χ1v) is 10.7. The Hall–Kier alpha value is -2.63. The van der Waals surface area contributed by atoms with Gasteiger partial charge in [-0.2, -0.15) is 0 Å². The fourth-order valence-corrected chi connectivity index (χ4v) is 4.27. The maximum absolute atomic E-state index is 13.0. The van der Waals surface area contributed by atoms with Crippen molar-refractivity contribution in [2.75, 3.05) is 13.1 Å². The smallest absolute Gasteiger partial charge is 0.292 e. The molecule has 2 amide bonds. The Morgan fingerprint density at radius 1 is 1.10 bits per heavy atom. The number of hydrogen-bond donors (Lipinski definition) is 1. The van der Waals surface area contributed by atoms with Crippen LogP contribution in [-0.2, 0) is 16.1 Å². The Bertz CT molecular complexity index is 898. The minimum Gasteiger partial charge on any atom is -0.346 e. The molecule has 1 aromatic heterocycles. The van der Waals surface area contributed by atoms with E-state index in [-0.39, 0.29) is 18.5 Å². The summed E-state index contributed by atoms with van der Waals surface area (Å²) in [5, 5.41) is 3.65. The van der Waals surface area contributed by atoms with E-state index in [0.717, 1.165) is 24.8 Å². The number of ketones is 1. The molecule has 1 aliphatic rings. The molecule has 29 heavy (non-hydrogen) atoms. The molecule has 1 heterocycles. The molecule has 2 atom stereocenters. The average Bonchev–Trinajstić information content (AvgIpc) is 3.08. The van der Waals surface area contributed by atoms with Crippen LogP contribution in [0.3, 0.4) is 0 Å². The number of amides is 2. The largest absolute Gasteiger partial charge is 0.346 e. The van der Waals surface area contributed by atoms with Crippen LogP contribution in [0.4, 0.5) is 0 Å². The number of carbonyl (C=O) groups excluding carboxylic acids is 3. The molecular weight excluding hydrogens is 366 g/mol. The van der Waals surface area contributed by atoms with Crippen molar-refractivity contribution >= 4 is 28.5 Å². The molecule has 6 nitrogen and oxygen atoms in total. The zero-order valence-electron chi connectivity index (χ0n) is 17.6. The van der Waals surface area contributed by atoms with Gasteiger partial charge in [-0.1, -0.05) is 38.0 Å². The molecule has 1 saturated carbocycles. The van der Waals surface area contributed by atoms with Crippen LogP contribution in [0.15, 0.2) is 30.5 Å². The van der Waals surface area contributed by atoms with Gasteiger partial charge in [0, 0.05) is 36.2 Å². The van der Waals surface area contributed by atoms with Crippen LogP contribution in [0, 0.1) is 5.92 Å². The van der Waals surface area contributed by atoms with Gasteiger partial charge in [0.1, 0.15) is 6.54 Å². The molecule has 6 heteroatoms. The second-order valence-electron chi connectivity index (χ2n) is 7.92. The van der Waals surface area contributed by atoms with E-state index >= 15 is 0 Å². The van der Waals surface area contributed by atoms with Crippen molar-refractivity contribution in [1.29, 1.82) is 0 Å². The zero-order valence-corrected chi connectivity index (χ0v) is 17.6. The molecule has 0 bridgehead atoms. The Balaban J connectivity index is 1.84. The molecule has 2 aromatic rings. The van der Waals surface area contributed by atoms with E-state index in [1.54, 1.807) is 15.7 Å². The number of aromatic nitrogens is 1. The van der Waals surface area contributed by atoms with E-state index in [1.807, 2.05) is 38.1 Å². The van der Waals surface area contributed by atoms with E-state index < -0.39 is 11.7 Å². The number of Topliss-reactive ketones (excluding diaryl/α,β-unsaturated/α-hetero) is 1. The Labute approximate surface area is 172 Å². The molecule has 0 spiro atoms. The van der Waals surface area contributed by atoms with Crippen LogP contribution in [0.1, 0.15) is 56.8 Å². The lowest BCUT2D eigenvalue weighted by molar-refractivity contribution is -0.131. The lowest BCUT2D eigenvalue weighted by Crippen LogP contribution is -2.44. The summed E-state index contributed by atoms with van der Waals surface area (Å²) in [5.41, 5.74) is 1.14. The van der Waals surface area contributed by atoms with Gasteiger partial charge in [-0.3, -0.25) is 14.4 Å². The van der Waals surface area contributed by atoms with Gasteiger partial charge in [0.05, 0.1) is 5.56 Å². The first-order chi connectivity index (χ1) is 14.0. The van der Waals surface area contributed by atoms with Crippen LogP contribution in [-0.4, -0.2) is 46.2 Å². The van der Waals surface area contributed by atoms with E-state index in [2.05, 4.69) is 12.2 Å². The van der Waals surface area contributed by atoms with E-state index in [9.17, 15) is 14.4 Å². The fourth-order valence-electron chi connectivity index (χ4n) is 4.27. The number of nitrogens with one attached hydrogen (secondary N) is 1. The second kappa shape index (κ2) is 9.25. The number of benzene rings is 1. The highest BCUT2D eigenvalue weighted by molar-refractivity contribution is 6.45. The Morgan fingerprint density at radius 2 is 1.79 bits per heavy atom. The van der Waals surface area contributed by atoms with Gasteiger partial charge < -0.3 is 14.8 Å². The SMILES string of the molecule is CCN(CC)C(=O)Cn1cc(C(=O)C(=O)NC2CCCCC2C)c2ccccc21. The molecule has 1 fully saturated rings. The number of likely N-dealkylation sites (N-methyl/N-ethyl adjacent to an activating group) is 1. The molecule has 156 valence electrons. The lowest BCUT2D eigenvalue weighted by Gasteiger charge is -2.29. The molecular formula is C23H31N3O3. The molecule has 1 N–H and O–H groups in total. The maximum atomic E-state index is 13.0. The number of para-hydroxylation sites is 1. The summed E-state index contributed by atoms with van der Waals surface area (Å²) < 4.78 is 1.78. The number of rotatable bonds is 7. The van der Waals surface area contributed by atoms with Gasteiger partial charge in [-0.25, -0.2) is 0 Å². The molecule has 0 aliphatic heterocycles. The van der Waals surface area contributed by atoms with E-state index in [4.69, 9.17) is 0 Å². The monoisotopic (exact) mass is 397 g/mol. The number of fused-ring (bicyclic) bond motifs is 1. The highest BCUT2D eigenvalue weighted by Crippen LogP contribution is 2.25. The normalized spacial score (nSPS) is 19.1. The minimum atomic E-state index is -0.554. The first-order valence-electron chi connectivity index (χ1n) is 10.7. The minimum absolute atomic E-state index is 0.00441. The van der Waals surface area contributed by atoms with Gasteiger partial charge in [0.2, 0.25) is 5.91 Å². The number of carbonyl (C=O) groups is 3. The predicted molar refractivity (Wildman–Crippen MR) is 114 cm³/mol. The van der Waals surface area contributed by atoms with Crippen molar-refractivity contribution in [3.05, 3.63) is 36.0 Å². The van der Waals surface area contributed by atoms with Crippen molar-refractivity contribution < 1.29 is 14.4 Å². The third-order valence-electron chi connectivity index (χ3n) is 6.09. The van der Waals surface area contributed by atoms with E-state index in [0.29, 0.717) is 30.0 Å². The molecule has 0 saturated heterocycles. The van der Waals surface area contributed by atoms with Gasteiger partial charge in [-0.15, -0.1) is 0 Å². The molecule has 3 rings (SSSR count). The van der Waals surface area contributed by atoms with Crippen LogP contribution in [0.5, 0.6) is 0 Å². The summed E-state index contributed by atoms with van der Waals surface area (Å²) in [4.78, 5) is 40.0. The summed E-state index contributed by atoms with van der Waals surface area (Å²) in [6.45, 7) is 7.45. The highest BCUT2D eigenvalue weighted by atomic mass is 16.2. The third kappa shape index (κ3) is 4.52. The van der Waals surface area contributed by atoms with Crippen molar-refractivity contribution in [1.82, 2.24) is 14.8 Å². The summed E-state index contributed by atoms with van der Waals surface area (Å²) in [7, 11) is 0. The molecule has 1 aromatic carbocycles. The van der Waals surface area contributed by atoms with Crippen LogP contribution in [0.25, 0.3) is 10.9 Å². The van der Waals surface area contributed by atoms with Crippen molar-refractivity contribution in [3.8, 4) is 0 Å². The second-order valence-corrected chi connectivity index (χ2v) is 7.92. The van der Waals surface area contributed by atoms with E-state index in [1.165, 1.54) is 6.42 Å². The zero-order chi connectivity index (χ0) is 21.0. The number of hydrogen-bond acceptors (Lipinski definition) is 3. The fraction of sp³-hybridized carbons (Fsp3) is 0.522. The number of nitrogens with zero attached hydrogens (tertiary/aromatic N) is 2. The average molecular weight is 398 g/mol. The van der Waals surface area contributed by atoms with Gasteiger partial charge >= 0.3 is 0 Å². The quantitative estimate of drug-likeness (QED) is 0.575. The summed E-state index contributed by atoms with van der Waals surface area (Å²) in [6, 6.07) is 7.48. The Morgan fingerprint density at radius 3 is 2.48 bits per heavy atom. The summed E-state index contributed by atoms with van der Waals surface area (Å²) in [6.07, 6.45) is 5.90. The summed E-state index contributed by atoms with van der Waals surface area (Å²) >= 11 is 0. The lowest BCUT2D eigenvalue weighted by atomic mass is 9.86. The van der Waals surface area contributed by atoms with Crippen molar-refractivity contribution in [2.45, 2.75) is 59.0 Å². The van der Waals surface area contributed by atoms with Crippen LogP contribution >= 0.6 is 0 Å². The standard InChI is InChI=1S/C23H31N3O3/c1-4-25(5-2)21(27)15-26-14-18(17-11-7-9-13-20(17)26)22(28)23(29)24-19-12-8-6-10-16(19)3/h7,9,11,13-14,16,19H,4-6,8,10,12,15H2,1-3H3,(H,24,29). The molecule has 1 aliphatic carbocycles. The summed E-state index contributed by atoms with van der Waals surface area (Å²) in [5.74, 6) is -0.710. The first kappa shape index (κ1) is 21.1. The van der Waals surface area contributed by atoms with Crippen LogP contribution in [0.2, 0.25) is 0 Å². The topological polar surface area (TPSA) is 71.4 Å². The van der Waals surface area contributed by atoms with Crippen LogP contribution < -0.4 is 5.32 Å². The molecule has 0 radical (unpaired) electrons. The van der Waals surface area contributed by atoms with Gasteiger partial charge in [0.25, 0.3) is 11.7 Å². The highest BCUT2D eigenvalue weighted by Gasteiger charge is 2.28. The van der Waals surface area contributed by atoms with Crippen molar-refractivity contribution in [2.24, 2.45) is 5.92 Å². The van der Waals surface area contributed by atoms with Gasteiger partial charge in [-0.05, 0) is 38.7 Å². The Kier molecular flexibility index (Phi) is 6.72. The van der Waals surface area contributed by atoms with Crippen molar-refractivity contribution in [3.63, 3.8) is 0 Å². The predicted octanol–water partition coefficient (Wildman–Crippen LogP) is 3.39. The maximum Gasteiger partial charge on any atom is 0.292 e. The van der Waals surface area contributed by atoms with Gasteiger partial charge in [0.15, 0.2) is 0 Å².